The van der Waals surface area contributed by atoms with Crippen LogP contribution in [0.25, 0.3) is 0 Å². The number of nitrogens with zero attached hydrogens (tertiary/aromatic N) is 1. The van der Waals surface area contributed by atoms with E-state index in [2.05, 4.69) is 27.7 Å². The second kappa shape index (κ2) is 6.55. The molecule has 2 N–H and O–H groups in total. The highest BCUT2D eigenvalue weighted by molar-refractivity contribution is 5.81. The first-order valence-corrected chi connectivity index (χ1v) is 7.40. The molecule has 0 aromatic rings. The first-order valence-electron chi connectivity index (χ1n) is 7.40. The van der Waals surface area contributed by atoms with Gasteiger partial charge < -0.3 is 10.6 Å². The van der Waals surface area contributed by atoms with E-state index >= 15 is 0 Å². The van der Waals surface area contributed by atoms with Crippen molar-refractivity contribution in [3.8, 4) is 0 Å². The van der Waals surface area contributed by atoms with E-state index in [0.29, 0.717) is 5.41 Å². The van der Waals surface area contributed by atoms with Crippen molar-refractivity contribution in [3.63, 3.8) is 0 Å². The van der Waals surface area contributed by atoms with Crippen LogP contribution in [-0.4, -0.2) is 29.9 Å². The summed E-state index contributed by atoms with van der Waals surface area (Å²) in [6, 6.07) is -0.291. The Hall–Kier alpha value is -0.570. The highest BCUT2D eigenvalue weighted by Gasteiger charge is 2.29. The maximum absolute atomic E-state index is 12.2. The van der Waals surface area contributed by atoms with Crippen molar-refractivity contribution in [1.29, 1.82) is 0 Å². The van der Waals surface area contributed by atoms with E-state index < -0.39 is 0 Å². The van der Waals surface area contributed by atoms with Crippen LogP contribution in [0.1, 0.15) is 59.8 Å². The Morgan fingerprint density at radius 3 is 2.56 bits per heavy atom. The number of hydrogen-bond acceptors (Lipinski definition) is 2. The molecule has 1 rings (SSSR count). The molecule has 0 radical (unpaired) electrons. The normalized spacial score (nSPS) is 23.6. The third-order valence-corrected chi connectivity index (χ3v) is 4.18. The second-order valence-corrected chi connectivity index (χ2v) is 6.71. The van der Waals surface area contributed by atoms with Gasteiger partial charge in [0.15, 0.2) is 0 Å². The molecule has 0 spiro atoms. The van der Waals surface area contributed by atoms with Gasteiger partial charge in [0.2, 0.25) is 5.91 Å². The Morgan fingerprint density at radius 2 is 2.00 bits per heavy atom. The van der Waals surface area contributed by atoms with Gasteiger partial charge in [0.25, 0.3) is 0 Å². The van der Waals surface area contributed by atoms with Crippen molar-refractivity contribution in [1.82, 2.24) is 4.90 Å². The lowest BCUT2D eigenvalue weighted by Crippen LogP contribution is -2.44. The van der Waals surface area contributed by atoms with Crippen LogP contribution >= 0.6 is 0 Å². The Balaban J connectivity index is 2.54. The van der Waals surface area contributed by atoms with E-state index in [1.165, 1.54) is 6.42 Å². The molecule has 1 heterocycles. The molecule has 18 heavy (non-hydrogen) atoms. The molecule has 2 unspecified atom stereocenters. The predicted octanol–water partition coefficient (Wildman–Crippen LogP) is 2.79. The summed E-state index contributed by atoms with van der Waals surface area (Å²) in [4.78, 5) is 14.2. The lowest BCUT2D eigenvalue weighted by Gasteiger charge is -2.30. The molecule has 1 aliphatic rings. The summed E-state index contributed by atoms with van der Waals surface area (Å²) >= 11 is 0. The maximum Gasteiger partial charge on any atom is 0.239 e. The van der Waals surface area contributed by atoms with E-state index in [1.54, 1.807) is 0 Å². The summed E-state index contributed by atoms with van der Waals surface area (Å²) in [5, 5.41) is 0. The van der Waals surface area contributed by atoms with Crippen LogP contribution in [0.3, 0.4) is 0 Å². The Labute approximate surface area is 112 Å². The summed E-state index contributed by atoms with van der Waals surface area (Å²) in [5.74, 6) is 0.879. The molecule has 0 saturated carbocycles. The molecule has 1 aliphatic heterocycles. The van der Waals surface area contributed by atoms with Gasteiger partial charge in [-0.3, -0.25) is 4.79 Å². The van der Waals surface area contributed by atoms with Gasteiger partial charge in [0.1, 0.15) is 0 Å². The van der Waals surface area contributed by atoms with Gasteiger partial charge in [-0.1, -0.05) is 34.1 Å². The minimum Gasteiger partial charge on any atom is -0.341 e. The fourth-order valence-electron chi connectivity index (χ4n) is 2.85. The predicted molar refractivity (Wildman–Crippen MR) is 76.3 cm³/mol. The molecular formula is C15H30N2O. The molecule has 3 nitrogen and oxygen atoms in total. The van der Waals surface area contributed by atoms with E-state index in [9.17, 15) is 4.79 Å². The average molecular weight is 254 g/mol. The Bertz CT molecular complexity index is 270. The molecular weight excluding hydrogens is 224 g/mol. The third-order valence-electron chi connectivity index (χ3n) is 4.18. The third kappa shape index (κ3) is 4.27. The van der Waals surface area contributed by atoms with Gasteiger partial charge in [0, 0.05) is 13.1 Å². The lowest BCUT2D eigenvalue weighted by atomic mass is 9.77. The number of likely N-dealkylation sites (tertiary alicyclic amines) is 1. The minimum absolute atomic E-state index is 0.159. The van der Waals surface area contributed by atoms with Crippen LogP contribution in [0.4, 0.5) is 0 Å². The van der Waals surface area contributed by atoms with E-state index in [1.807, 2.05) is 4.90 Å². The van der Waals surface area contributed by atoms with E-state index in [-0.39, 0.29) is 11.9 Å². The van der Waals surface area contributed by atoms with Crippen LogP contribution < -0.4 is 5.73 Å². The first kappa shape index (κ1) is 15.5. The average Bonchev–Trinajstić information content (AvgIpc) is 2.53. The Kier molecular flexibility index (Phi) is 5.64. The van der Waals surface area contributed by atoms with E-state index in [0.717, 1.165) is 44.7 Å². The SMILES string of the molecule is CCCC(N)C(=O)N1CCCC(C(C)(C)C)CC1. The standard InChI is InChI=1S/C15H30N2O/c1-5-7-13(16)14(18)17-10-6-8-12(9-11-17)15(2,3)4/h12-13H,5-11,16H2,1-4H3. The van der Waals surface area contributed by atoms with Crippen LogP contribution in [0, 0.1) is 11.3 Å². The van der Waals surface area contributed by atoms with Crippen LogP contribution in [-0.2, 0) is 4.79 Å². The highest BCUT2D eigenvalue weighted by Crippen LogP contribution is 2.34. The summed E-state index contributed by atoms with van der Waals surface area (Å²) in [5.41, 5.74) is 6.29. The fraction of sp³-hybridized carbons (Fsp3) is 0.933. The molecule has 1 fully saturated rings. The molecule has 0 aliphatic carbocycles. The smallest absolute Gasteiger partial charge is 0.239 e. The number of amides is 1. The summed E-state index contributed by atoms with van der Waals surface area (Å²) < 4.78 is 0. The van der Waals surface area contributed by atoms with Crippen molar-refractivity contribution in [2.24, 2.45) is 17.1 Å². The van der Waals surface area contributed by atoms with Gasteiger partial charge >= 0.3 is 0 Å². The van der Waals surface area contributed by atoms with Crippen molar-refractivity contribution in [2.45, 2.75) is 65.8 Å². The van der Waals surface area contributed by atoms with Gasteiger partial charge in [-0.2, -0.15) is 0 Å². The van der Waals surface area contributed by atoms with Gasteiger partial charge in [-0.25, -0.2) is 0 Å². The van der Waals surface area contributed by atoms with Crippen molar-refractivity contribution >= 4 is 5.91 Å². The van der Waals surface area contributed by atoms with Gasteiger partial charge in [-0.05, 0) is 37.0 Å². The molecule has 0 aromatic heterocycles. The van der Waals surface area contributed by atoms with Crippen LogP contribution in [0.2, 0.25) is 0 Å². The number of carbonyl (C=O) groups excluding carboxylic acids is 1. The molecule has 0 bridgehead atoms. The number of nitrogens with two attached hydrogens (primary N) is 1. The van der Waals surface area contributed by atoms with Crippen molar-refractivity contribution in [2.75, 3.05) is 13.1 Å². The second-order valence-electron chi connectivity index (χ2n) is 6.71. The first-order chi connectivity index (χ1) is 8.36. The van der Waals surface area contributed by atoms with E-state index in [4.69, 9.17) is 5.73 Å². The molecule has 0 aromatic carbocycles. The monoisotopic (exact) mass is 254 g/mol. The minimum atomic E-state index is -0.291. The van der Waals surface area contributed by atoms with Crippen LogP contribution in [0.5, 0.6) is 0 Å². The number of rotatable bonds is 3. The number of hydrogen-bond donors (Lipinski definition) is 1. The fourth-order valence-corrected chi connectivity index (χ4v) is 2.85. The molecule has 3 heteroatoms. The van der Waals surface area contributed by atoms with Crippen molar-refractivity contribution in [3.05, 3.63) is 0 Å². The number of carbonyl (C=O) groups is 1. The summed E-state index contributed by atoms with van der Waals surface area (Å²) in [6.45, 7) is 10.8. The van der Waals surface area contributed by atoms with Crippen molar-refractivity contribution < 1.29 is 4.79 Å². The Morgan fingerprint density at radius 1 is 1.33 bits per heavy atom. The topological polar surface area (TPSA) is 46.3 Å². The lowest BCUT2D eigenvalue weighted by molar-refractivity contribution is -0.132. The zero-order valence-electron chi connectivity index (χ0n) is 12.5. The zero-order chi connectivity index (χ0) is 13.8. The summed E-state index contributed by atoms with van der Waals surface area (Å²) in [6.07, 6.45) is 5.25. The molecule has 2 atom stereocenters. The largest absolute Gasteiger partial charge is 0.341 e. The van der Waals surface area contributed by atoms with Crippen LogP contribution in [0.15, 0.2) is 0 Å². The summed E-state index contributed by atoms with van der Waals surface area (Å²) in [7, 11) is 0. The quantitative estimate of drug-likeness (QED) is 0.842. The van der Waals surface area contributed by atoms with Gasteiger partial charge in [0.05, 0.1) is 6.04 Å². The zero-order valence-corrected chi connectivity index (χ0v) is 12.5. The highest BCUT2D eigenvalue weighted by atomic mass is 16.2. The van der Waals surface area contributed by atoms with Gasteiger partial charge in [-0.15, -0.1) is 0 Å². The maximum atomic E-state index is 12.2. The molecule has 106 valence electrons. The molecule has 1 amide bonds. The molecule has 1 saturated heterocycles.